The molecule has 1 aliphatic carbocycles. The van der Waals surface area contributed by atoms with E-state index in [0.29, 0.717) is 6.54 Å². The molecule has 1 saturated carbocycles. The highest BCUT2D eigenvalue weighted by Gasteiger charge is 2.35. The maximum absolute atomic E-state index is 11.9. The van der Waals surface area contributed by atoms with Crippen LogP contribution >= 0.6 is 11.6 Å². The monoisotopic (exact) mass is 231 g/mol. The van der Waals surface area contributed by atoms with Crippen molar-refractivity contribution >= 4 is 17.5 Å². The van der Waals surface area contributed by atoms with E-state index in [9.17, 15) is 4.79 Å². The molecule has 2 nitrogen and oxygen atoms in total. The fraction of sp³-hybridized carbons (Fsp3) is 0.917. The largest absolute Gasteiger partial charge is 0.354 e. The molecular formula is C12H22ClNO. The van der Waals surface area contributed by atoms with Gasteiger partial charge in [-0.05, 0) is 19.3 Å². The molecule has 0 heterocycles. The Labute approximate surface area is 97.8 Å². The molecule has 0 aromatic rings. The number of rotatable bonds is 5. The third-order valence-corrected chi connectivity index (χ3v) is 3.71. The molecule has 1 fully saturated rings. The van der Waals surface area contributed by atoms with Gasteiger partial charge in [-0.1, -0.05) is 33.1 Å². The Morgan fingerprint density at radius 1 is 1.47 bits per heavy atom. The van der Waals surface area contributed by atoms with Crippen molar-refractivity contribution in [3.8, 4) is 0 Å². The number of alkyl halides is 1. The van der Waals surface area contributed by atoms with Gasteiger partial charge in [-0.25, -0.2) is 0 Å². The molecule has 15 heavy (non-hydrogen) atoms. The highest BCUT2D eigenvalue weighted by molar-refractivity contribution is 6.20. The summed E-state index contributed by atoms with van der Waals surface area (Å²) in [5.41, 5.74) is -0.122. The molecule has 1 atom stereocenters. The van der Waals surface area contributed by atoms with Crippen molar-refractivity contribution in [3.05, 3.63) is 0 Å². The second-order valence-electron chi connectivity index (χ2n) is 4.86. The lowest BCUT2D eigenvalue weighted by Crippen LogP contribution is -2.39. The summed E-state index contributed by atoms with van der Waals surface area (Å²) in [6.07, 6.45) is 6.46. The first-order valence-electron chi connectivity index (χ1n) is 6.01. The van der Waals surface area contributed by atoms with Crippen LogP contribution < -0.4 is 5.32 Å². The van der Waals surface area contributed by atoms with Crippen molar-refractivity contribution < 1.29 is 4.79 Å². The second-order valence-corrected chi connectivity index (χ2v) is 5.48. The maximum Gasteiger partial charge on any atom is 0.225 e. The molecule has 0 saturated heterocycles. The number of carbonyl (C=O) groups is 1. The Hall–Kier alpha value is -0.240. The number of hydrogen-bond acceptors (Lipinski definition) is 1. The van der Waals surface area contributed by atoms with Crippen molar-refractivity contribution in [2.24, 2.45) is 5.41 Å². The fourth-order valence-corrected chi connectivity index (χ4v) is 2.51. The van der Waals surface area contributed by atoms with Crippen LogP contribution in [0.25, 0.3) is 0 Å². The quantitative estimate of drug-likeness (QED) is 0.724. The van der Waals surface area contributed by atoms with Crippen molar-refractivity contribution in [1.29, 1.82) is 0 Å². The highest BCUT2D eigenvalue weighted by Crippen LogP contribution is 2.37. The normalized spacial score (nSPS) is 21.3. The smallest absolute Gasteiger partial charge is 0.225 e. The van der Waals surface area contributed by atoms with Crippen LogP contribution in [0, 0.1) is 5.41 Å². The van der Waals surface area contributed by atoms with Crippen molar-refractivity contribution in [2.75, 3.05) is 6.54 Å². The van der Waals surface area contributed by atoms with Crippen LogP contribution in [0.1, 0.15) is 52.4 Å². The van der Waals surface area contributed by atoms with E-state index in [-0.39, 0.29) is 16.7 Å². The minimum absolute atomic E-state index is 0.0870. The first-order chi connectivity index (χ1) is 7.08. The Balaban J connectivity index is 2.29. The van der Waals surface area contributed by atoms with Gasteiger partial charge in [-0.2, -0.15) is 0 Å². The maximum atomic E-state index is 11.9. The highest BCUT2D eigenvalue weighted by atomic mass is 35.5. The summed E-state index contributed by atoms with van der Waals surface area (Å²) in [6, 6.07) is 0. The van der Waals surface area contributed by atoms with Crippen LogP contribution in [0.4, 0.5) is 0 Å². The molecule has 0 aromatic carbocycles. The number of carbonyl (C=O) groups excluding carboxylic acids is 1. The molecule has 0 radical (unpaired) electrons. The molecule has 88 valence electrons. The van der Waals surface area contributed by atoms with Gasteiger partial charge in [0.2, 0.25) is 5.91 Å². The van der Waals surface area contributed by atoms with Gasteiger partial charge >= 0.3 is 0 Å². The van der Waals surface area contributed by atoms with E-state index in [2.05, 4.69) is 19.2 Å². The average Bonchev–Trinajstić information content (AvgIpc) is 2.63. The summed E-state index contributed by atoms with van der Waals surface area (Å²) in [6.45, 7) is 4.79. The van der Waals surface area contributed by atoms with Crippen LogP contribution in [0.3, 0.4) is 0 Å². The summed E-state index contributed by atoms with van der Waals surface area (Å²) in [5.74, 6) is 0.196. The van der Waals surface area contributed by atoms with Crippen LogP contribution in [0.15, 0.2) is 0 Å². The van der Waals surface area contributed by atoms with Crippen LogP contribution in [0.2, 0.25) is 0 Å². The molecule has 1 unspecified atom stereocenters. The third-order valence-electron chi connectivity index (χ3n) is 3.34. The lowest BCUT2D eigenvalue weighted by atomic mass is 9.88. The first kappa shape index (κ1) is 12.8. The Morgan fingerprint density at radius 3 is 2.60 bits per heavy atom. The van der Waals surface area contributed by atoms with E-state index in [1.54, 1.807) is 0 Å². The van der Waals surface area contributed by atoms with E-state index in [4.69, 9.17) is 11.6 Å². The number of nitrogens with one attached hydrogen (secondary N) is 1. The van der Waals surface area contributed by atoms with Gasteiger partial charge in [-0.3, -0.25) is 4.79 Å². The Bertz CT molecular complexity index is 212. The van der Waals surface area contributed by atoms with Crippen molar-refractivity contribution in [1.82, 2.24) is 5.32 Å². The number of amides is 1. The van der Waals surface area contributed by atoms with E-state index in [1.165, 1.54) is 12.8 Å². The van der Waals surface area contributed by atoms with Crippen molar-refractivity contribution in [3.63, 3.8) is 0 Å². The van der Waals surface area contributed by atoms with E-state index >= 15 is 0 Å². The van der Waals surface area contributed by atoms with Gasteiger partial charge in [0.25, 0.3) is 0 Å². The summed E-state index contributed by atoms with van der Waals surface area (Å²) in [5, 5.41) is 3.07. The average molecular weight is 232 g/mol. The molecule has 1 rings (SSSR count). The summed E-state index contributed by atoms with van der Waals surface area (Å²) < 4.78 is 0. The second kappa shape index (κ2) is 5.74. The van der Waals surface area contributed by atoms with Gasteiger partial charge in [-0.15, -0.1) is 11.6 Å². The van der Waals surface area contributed by atoms with E-state index < -0.39 is 0 Å². The minimum Gasteiger partial charge on any atom is -0.354 e. The summed E-state index contributed by atoms with van der Waals surface area (Å²) in [7, 11) is 0. The minimum atomic E-state index is -0.122. The molecule has 0 aliphatic heterocycles. The number of hydrogen-bond donors (Lipinski definition) is 1. The van der Waals surface area contributed by atoms with Gasteiger partial charge in [0, 0.05) is 12.0 Å². The topological polar surface area (TPSA) is 29.1 Å². The number of halogens is 1. The van der Waals surface area contributed by atoms with E-state index in [0.717, 1.165) is 25.7 Å². The summed E-state index contributed by atoms with van der Waals surface area (Å²) in [4.78, 5) is 11.9. The Kier molecular flexibility index (Phi) is 4.91. The zero-order valence-electron chi connectivity index (χ0n) is 9.81. The molecule has 0 bridgehead atoms. The SMILES string of the molecule is CCCC(Cl)CNC(=O)C1(C)CCCC1. The zero-order valence-corrected chi connectivity index (χ0v) is 10.6. The Morgan fingerprint density at radius 2 is 2.07 bits per heavy atom. The summed E-state index contributed by atoms with van der Waals surface area (Å²) >= 11 is 6.06. The lowest BCUT2D eigenvalue weighted by molar-refractivity contribution is -0.129. The molecule has 3 heteroatoms. The molecule has 1 aliphatic rings. The predicted octanol–water partition coefficient (Wildman–Crippen LogP) is 3.09. The first-order valence-corrected chi connectivity index (χ1v) is 6.44. The van der Waals surface area contributed by atoms with Gasteiger partial charge in [0.05, 0.1) is 5.38 Å². The molecule has 0 spiro atoms. The van der Waals surface area contributed by atoms with Gasteiger partial charge in [0.15, 0.2) is 0 Å². The van der Waals surface area contributed by atoms with Gasteiger partial charge in [0.1, 0.15) is 0 Å². The van der Waals surface area contributed by atoms with E-state index in [1.807, 2.05) is 0 Å². The molecule has 0 aromatic heterocycles. The van der Waals surface area contributed by atoms with Crippen LogP contribution in [-0.4, -0.2) is 17.8 Å². The predicted molar refractivity (Wildman–Crippen MR) is 64.1 cm³/mol. The molecule has 1 N–H and O–H groups in total. The lowest BCUT2D eigenvalue weighted by Gasteiger charge is -2.23. The zero-order chi connectivity index (χ0) is 11.3. The van der Waals surface area contributed by atoms with Crippen LogP contribution in [-0.2, 0) is 4.79 Å². The molecular weight excluding hydrogens is 210 g/mol. The fourth-order valence-electron chi connectivity index (χ4n) is 2.21. The third kappa shape index (κ3) is 3.67. The van der Waals surface area contributed by atoms with Crippen molar-refractivity contribution in [2.45, 2.75) is 57.7 Å². The van der Waals surface area contributed by atoms with Crippen LogP contribution in [0.5, 0.6) is 0 Å². The standard InChI is InChI=1S/C12H22ClNO/c1-3-6-10(13)9-14-11(15)12(2)7-4-5-8-12/h10H,3-9H2,1-2H3,(H,14,15). The molecule has 1 amide bonds. The van der Waals surface area contributed by atoms with Gasteiger partial charge < -0.3 is 5.32 Å².